The highest BCUT2D eigenvalue weighted by molar-refractivity contribution is 5.98. The first-order valence-corrected chi connectivity index (χ1v) is 10.4. The molecule has 3 atom stereocenters. The minimum absolute atomic E-state index is 0.0294. The molecular weight excluding hydrogens is 404 g/mol. The van der Waals surface area contributed by atoms with Gasteiger partial charge in [-0.2, -0.15) is 10.1 Å². The maximum absolute atomic E-state index is 13.5. The molecule has 4 aromatic rings. The zero-order valence-electron chi connectivity index (χ0n) is 16.5. The van der Waals surface area contributed by atoms with Crippen LogP contribution in [0.3, 0.4) is 0 Å². The molecule has 0 N–H and O–H groups in total. The molecule has 2 bridgehead atoms. The maximum Gasteiger partial charge on any atom is 0.280 e. The summed E-state index contributed by atoms with van der Waals surface area (Å²) in [7, 11) is 0. The molecule has 2 aliphatic heterocycles. The monoisotopic (exact) mass is 423 g/mol. The summed E-state index contributed by atoms with van der Waals surface area (Å²) in [6.07, 6.45) is 3.60. The number of carbonyl (C=O) groups excluding carboxylic acids is 1. The number of fused-ring (bicyclic) bond motifs is 4. The molecule has 0 spiro atoms. The van der Waals surface area contributed by atoms with Crippen LogP contribution in [0.4, 0.5) is 8.78 Å². The van der Waals surface area contributed by atoms with Crippen LogP contribution in [-0.4, -0.2) is 42.5 Å². The van der Waals surface area contributed by atoms with E-state index in [0.29, 0.717) is 11.3 Å². The van der Waals surface area contributed by atoms with Crippen LogP contribution in [0.15, 0.2) is 47.3 Å². The van der Waals surface area contributed by atoms with Gasteiger partial charge in [-0.05, 0) is 56.0 Å². The Morgan fingerprint density at radius 3 is 2.87 bits per heavy atom. The summed E-state index contributed by atoms with van der Waals surface area (Å²) in [5.74, 6) is 0.0273. The molecule has 2 aliphatic rings. The Balaban J connectivity index is 1.40. The number of piperidine rings is 1. The highest BCUT2D eigenvalue weighted by atomic mass is 19.3. The average molecular weight is 423 g/mol. The lowest BCUT2D eigenvalue weighted by molar-refractivity contribution is 0.0554. The normalized spacial score (nSPS) is 23.3. The summed E-state index contributed by atoms with van der Waals surface area (Å²) in [6, 6.07) is 8.79. The number of hydrogen-bond donors (Lipinski definition) is 0. The quantitative estimate of drug-likeness (QED) is 0.489. The fourth-order valence-corrected chi connectivity index (χ4v) is 5.30. The second-order valence-electron chi connectivity index (χ2n) is 8.25. The van der Waals surface area contributed by atoms with Gasteiger partial charge in [0, 0.05) is 29.0 Å². The molecule has 9 heteroatoms. The molecule has 0 saturated carbocycles. The maximum atomic E-state index is 13.5. The van der Waals surface area contributed by atoms with Crippen molar-refractivity contribution in [3.8, 4) is 0 Å². The standard InChI is InChI=1S/C22H19F2N5O2/c23-20(24)16-10-18(29-22(27-16)25-11-26-29)15-4-2-14-3-5-17(15)28(14)21(30)13-1-6-19-12(9-13)7-8-31-19/h1,6-11,14-15,17,20H,2-5H2/t14-,15-,17-/m0/s1. The number of rotatable bonds is 3. The van der Waals surface area contributed by atoms with Gasteiger partial charge in [0.25, 0.3) is 18.1 Å². The first kappa shape index (κ1) is 18.4. The Morgan fingerprint density at radius 1 is 1.13 bits per heavy atom. The minimum Gasteiger partial charge on any atom is -0.464 e. The predicted molar refractivity (Wildman–Crippen MR) is 107 cm³/mol. The third-order valence-corrected chi connectivity index (χ3v) is 6.66. The lowest BCUT2D eigenvalue weighted by Gasteiger charge is -2.40. The number of aromatic nitrogens is 4. The largest absolute Gasteiger partial charge is 0.464 e. The van der Waals surface area contributed by atoms with Crippen LogP contribution in [0, 0.1) is 0 Å². The van der Waals surface area contributed by atoms with Crippen molar-refractivity contribution in [2.75, 3.05) is 0 Å². The zero-order valence-corrected chi connectivity index (χ0v) is 16.5. The Bertz CT molecular complexity index is 1300. The van der Waals surface area contributed by atoms with E-state index < -0.39 is 6.43 Å². The Morgan fingerprint density at radius 2 is 2.00 bits per heavy atom. The fraction of sp³-hybridized carbons (Fsp3) is 0.364. The van der Waals surface area contributed by atoms with Gasteiger partial charge in [0.05, 0.1) is 12.0 Å². The van der Waals surface area contributed by atoms with E-state index in [1.165, 1.54) is 16.9 Å². The number of nitrogens with zero attached hydrogens (tertiary/aromatic N) is 5. The van der Waals surface area contributed by atoms with Gasteiger partial charge >= 0.3 is 0 Å². The molecule has 2 fully saturated rings. The van der Waals surface area contributed by atoms with Crippen molar-refractivity contribution in [2.45, 2.75) is 50.1 Å². The van der Waals surface area contributed by atoms with Crippen LogP contribution < -0.4 is 0 Å². The number of hydrogen-bond acceptors (Lipinski definition) is 5. The van der Waals surface area contributed by atoms with Crippen molar-refractivity contribution in [2.24, 2.45) is 0 Å². The van der Waals surface area contributed by atoms with Gasteiger partial charge in [-0.1, -0.05) is 0 Å². The van der Waals surface area contributed by atoms with Crippen molar-refractivity contribution in [3.63, 3.8) is 0 Å². The van der Waals surface area contributed by atoms with Crippen LogP contribution in [0.25, 0.3) is 16.7 Å². The molecule has 0 unspecified atom stereocenters. The summed E-state index contributed by atoms with van der Waals surface area (Å²) in [5, 5.41) is 5.10. The summed E-state index contributed by atoms with van der Waals surface area (Å²) in [5.41, 5.74) is 1.69. The molecule has 6 rings (SSSR count). The predicted octanol–water partition coefficient (Wildman–Crippen LogP) is 4.36. The number of carbonyl (C=O) groups is 1. The molecule has 7 nitrogen and oxygen atoms in total. The van der Waals surface area contributed by atoms with Gasteiger partial charge in [0.1, 0.15) is 17.6 Å². The number of benzene rings is 1. The first-order valence-electron chi connectivity index (χ1n) is 10.4. The van der Waals surface area contributed by atoms with Crippen LogP contribution in [0.2, 0.25) is 0 Å². The minimum atomic E-state index is -2.69. The fourth-order valence-electron chi connectivity index (χ4n) is 5.30. The van der Waals surface area contributed by atoms with E-state index in [-0.39, 0.29) is 35.4 Å². The van der Waals surface area contributed by atoms with E-state index >= 15 is 0 Å². The highest BCUT2D eigenvalue weighted by Gasteiger charge is 2.46. The molecule has 31 heavy (non-hydrogen) atoms. The summed E-state index contributed by atoms with van der Waals surface area (Å²) < 4.78 is 33.9. The molecule has 158 valence electrons. The smallest absolute Gasteiger partial charge is 0.280 e. The van der Waals surface area contributed by atoms with Gasteiger partial charge in [-0.25, -0.2) is 18.3 Å². The number of furan rings is 1. The lowest BCUT2D eigenvalue weighted by atomic mass is 9.86. The molecule has 1 amide bonds. The zero-order chi connectivity index (χ0) is 21.1. The van der Waals surface area contributed by atoms with Crippen molar-refractivity contribution in [3.05, 3.63) is 59.9 Å². The van der Waals surface area contributed by atoms with E-state index in [0.717, 1.165) is 36.7 Å². The van der Waals surface area contributed by atoms with Gasteiger partial charge in [0.15, 0.2) is 0 Å². The van der Waals surface area contributed by atoms with Crippen LogP contribution in [0.5, 0.6) is 0 Å². The van der Waals surface area contributed by atoms with E-state index in [1.54, 1.807) is 12.3 Å². The summed E-state index contributed by atoms with van der Waals surface area (Å²) >= 11 is 0. The van der Waals surface area contributed by atoms with Crippen molar-refractivity contribution >= 4 is 22.7 Å². The second kappa shape index (κ2) is 6.83. The molecular formula is C22H19F2N5O2. The van der Waals surface area contributed by atoms with Crippen molar-refractivity contribution in [1.82, 2.24) is 24.5 Å². The van der Waals surface area contributed by atoms with Crippen LogP contribution >= 0.6 is 0 Å². The first-order chi connectivity index (χ1) is 15.1. The van der Waals surface area contributed by atoms with Crippen molar-refractivity contribution < 1.29 is 18.0 Å². The van der Waals surface area contributed by atoms with Crippen molar-refractivity contribution in [1.29, 1.82) is 0 Å². The van der Waals surface area contributed by atoms with Gasteiger partial charge < -0.3 is 9.32 Å². The number of alkyl halides is 2. The Labute approximate surface area is 175 Å². The van der Waals surface area contributed by atoms with Gasteiger partial charge in [-0.3, -0.25) is 4.79 Å². The van der Waals surface area contributed by atoms with Crippen LogP contribution in [-0.2, 0) is 0 Å². The van der Waals surface area contributed by atoms with E-state index in [9.17, 15) is 13.6 Å². The topological polar surface area (TPSA) is 76.5 Å². The number of halogens is 2. The highest BCUT2D eigenvalue weighted by Crippen LogP contribution is 2.45. The molecule has 0 radical (unpaired) electrons. The molecule has 2 saturated heterocycles. The molecule has 5 heterocycles. The second-order valence-corrected chi connectivity index (χ2v) is 8.25. The average Bonchev–Trinajstić information content (AvgIpc) is 3.50. The van der Waals surface area contributed by atoms with Crippen LogP contribution in [0.1, 0.15) is 59.8 Å². The molecule has 0 aliphatic carbocycles. The summed E-state index contributed by atoms with van der Waals surface area (Å²) in [4.78, 5) is 23.4. The Hall–Kier alpha value is -3.36. The van der Waals surface area contributed by atoms with Gasteiger partial charge in [0.2, 0.25) is 0 Å². The third kappa shape index (κ3) is 2.83. The number of amides is 1. The molecule has 1 aromatic carbocycles. The van der Waals surface area contributed by atoms with E-state index in [4.69, 9.17) is 4.42 Å². The summed E-state index contributed by atoms with van der Waals surface area (Å²) in [6.45, 7) is 0. The van der Waals surface area contributed by atoms with E-state index in [2.05, 4.69) is 15.1 Å². The SMILES string of the molecule is O=C(c1ccc2occc2c1)N1[C@H]2CC[C@H](c3cc(C(F)F)nc4ncnn34)[C@@H]1CC2. The third-order valence-electron chi connectivity index (χ3n) is 6.66. The molecule has 3 aromatic heterocycles. The Kier molecular flexibility index (Phi) is 4.06. The van der Waals surface area contributed by atoms with Gasteiger partial charge in [-0.15, -0.1) is 0 Å². The van der Waals surface area contributed by atoms with E-state index in [1.807, 2.05) is 23.1 Å². The lowest BCUT2D eigenvalue weighted by Crippen LogP contribution is -2.47.